The van der Waals surface area contributed by atoms with Gasteiger partial charge in [0.1, 0.15) is 30.8 Å². The molecular formula is C53H79N3O10. The highest BCUT2D eigenvalue weighted by Gasteiger charge is 2.65. The van der Waals surface area contributed by atoms with Gasteiger partial charge in [-0.25, -0.2) is 9.59 Å². The molecular weight excluding hydrogens is 839 g/mol. The zero-order valence-corrected chi connectivity index (χ0v) is 40.1. The number of rotatable bonds is 31. The highest BCUT2D eigenvalue weighted by atomic mass is 16.7. The maximum Gasteiger partial charge on any atom is 0.412 e. The molecule has 1 heterocycles. The lowest BCUT2D eigenvalue weighted by atomic mass is 9.55. The van der Waals surface area contributed by atoms with Crippen LogP contribution >= 0.6 is 0 Å². The Kier molecular flexibility index (Phi) is 22.8. The summed E-state index contributed by atoms with van der Waals surface area (Å²) in [5.41, 5.74) is 3.50. The number of fused-ring (bicyclic) bond motifs is 2. The van der Waals surface area contributed by atoms with Gasteiger partial charge in [-0.2, -0.15) is 0 Å². The molecule has 5 rings (SSSR count). The molecule has 0 unspecified atom stereocenters. The van der Waals surface area contributed by atoms with Crippen molar-refractivity contribution in [2.24, 2.45) is 22.9 Å². The maximum atomic E-state index is 14.1. The molecule has 2 aromatic rings. The minimum atomic E-state index is -1.43. The summed E-state index contributed by atoms with van der Waals surface area (Å²) in [6.45, 7) is 9.96. The lowest BCUT2D eigenvalue weighted by Crippen LogP contribution is -2.69. The summed E-state index contributed by atoms with van der Waals surface area (Å²) in [5.74, 6) is -1.16. The van der Waals surface area contributed by atoms with Gasteiger partial charge in [-0.1, -0.05) is 125 Å². The van der Waals surface area contributed by atoms with Crippen molar-refractivity contribution in [2.45, 2.75) is 147 Å². The van der Waals surface area contributed by atoms with Crippen LogP contribution in [0.1, 0.15) is 140 Å². The molecule has 0 aromatic heterocycles. The number of hydrogen-bond donors (Lipinski definition) is 3. The number of carbonyl (C=O) groups excluding carboxylic acids is 2. The van der Waals surface area contributed by atoms with Crippen LogP contribution < -0.4 is 14.8 Å². The molecule has 1 aliphatic heterocycles. The second-order valence-electron chi connectivity index (χ2n) is 18.0. The summed E-state index contributed by atoms with van der Waals surface area (Å²) in [7, 11) is 1.70. The molecule has 1 fully saturated rings. The lowest BCUT2D eigenvalue weighted by Gasteiger charge is -2.59. The van der Waals surface area contributed by atoms with E-state index in [4.69, 9.17) is 33.7 Å². The van der Waals surface area contributed by atoms with Gasteiger partial charge in [0.15, 0.2) is 0 Å². The number of nitrogens with one attached hydrogen (secondary N) is 1. The first-order valence-corrected chi connectivity index (χ1v) is 25.0. The predicted octanol–water partition coefficient (Wildman–Crippen LogP) is 10.6. The van der Waals surface area contributed by atoms with Gasteiger partial charge < -0.3 is 49.0 Å². The fourth-order valence-electron chi connectivity index (χ4n) is 10.1. The molecule has 3 aliphatic rings. The number of carbonyl (C=O) groups is 2. The third kappa shape index (κ3) is 14.8. The average Bonchev–Trinajstić information content (AvgIpc) is 3.33. The highest BCUT2D eigenvalue weighted by Crippen LogP contribution is 2.61. The maximum absolute atomic E-state index is 14.1. The summed E-state index contributed by atoms with van der Waals surface area (Å²) in [6.07, 6.45) is 19.8. The third-order valence-corrected chi connectivity index (χ3v) is 13.3. The molecule has 366 valence electrons. The Morgan fingerprint density at radius 3 is 2.32 bits per heavy atom. The Labute approximate surface area is 394 Å². The van der Waals surface area contributed by atoms with Crippen LogP contribution in [0.5, 0.6) is 11.5 Å². The first-order valence-electron chi connectivity index (χ1n) is 25.0. The molecule has 0 bridgehead atoms. The van der Waals surface area contributed by atoms with E-state index in [-0.39, 0.29) is 57.2 Å². The van der Waals surface area contributed by atoms with Gasteiger partial charge in [0.25, 0.3) is 0 Å². The van der Waals surface area contributed by atoms with E-state index in [1.807, 2.05) is 49.4 Å². The highest BCUT2D eigenvalue weighted by molar-refractivity contribution is 6.03. The monoisotopic (exact) mass is 918 g/mol. The van der Waals surface area contributed by atoms with Crippen LogP contribution in [0.3, 0.4) is 0 Å². The van der Waals surface area contributed by atoms with Gasteiger partial charge in [0.05, 0.1) is 31.5 Å². The van der Waals surface area contributed by atoms with Gasteiger partial charge >= 0.3 is 12.2 Å². The number of aliphatic hydroxyl groups excluding tert-OH is 2. The van der Waals surface area contributed by atoms with Crippen LogP contribution in [-0.4, -0.2) is 98.1 Å². The minimum Gasteiger partial charge on any atom is -0.459 e. The van der Waals surface area contributed by atoms with Crippen LogP contribution in [0.25, 0.3) is 0 Å². The number of amides is 2. The normalized spacial score (nSPS) is 22.3. The van der Waals surface area contributed by atoms with Crippen molar-refractivity contribution >= 4 is 17.9 Å². The largest absolute Gasteiger partial charge is 0.459 e. The molecule has 2 amide bonds. The lowest BCUT2D eigenvalue weighted by molar-refractivity contribution is -0.253. The minimum absolute atomic E-state index is 0.0184. The predicted molar refractivity (Wildman–Crippen MR) is 258 cm³/mol. The van der Waals surface area contributed by atoms with Gasteiger partial charge in [0.2, 0.25) is 5.79 Å². The molecule has 2 aromatic carbocycles. The van der Waals surface area contributed by atoms with E-state index >= 15 is 0 Å². The third-order valence-electron chi connectivity index (χ3n) is 13.3. The molecule has 2 aliphatic carbocycles. The molecule has 6 atom stereocenters. The van der Waals surface area contributed by atoms with Crippen LogP contribution in [0.15, 0.2) is 78.0 Å². The van der Waals surface area contributed by atoms with E-state index in [1.54, 1.807) is 24.1 Å². The van der Waals surface area contributed by atoms with Gasteiger partial charge in [-0.3, -0.25) is 0 Å². The molecule has 1 saturated carbocycles. The first-order chi connectivity index (χ1) is 32.3. The second-order valence-corrected chi connectivity index (χ2v) is 18.0. The Bertz CT molecular complexity index is 1820. The number of benzene rings is 2. The van der Waals surface area contributed by atoms with E-state index in [1.165, 1.54) is 44.9 Å². The van der Waals surface area contributed by atoms with Crippen molar-refractivity contribution < 1.29 is 48.3 Å². The SMILES string of the molecule is C=CCO[C@@]12Oc3ccc(OC(=O)NCCCCCCCCCCCC)cc3[C@H]3[C@H](CCCCO)[C@@H](CCCCO)C=C(C(=NOCC)C[C@@H]1N(C)C(=O)OCCOCc1ccccc1)[C@H]32. The van der Waals surface area contributed by atoms with E-state index in [0.717, 1.165) is 61.6 Å². The Balaban J connectivity index is 1.44. The molecule has 13 nitrogen and oxygen atoms in total. The number of ether oxygens (including phenoxy) is 5. The zero-order chi connectivity index (χ0) is 47.0. The Morgan fingerprint density at radius 2 is 1.62 bits per heavy atom. The first kappa shape index (κ1) is 52.5. The van der Waals surface area contributed by atoms with Crippen molar-refractivity contribution in [1.29, 1.82) is 0 Å². The number of hydrogen-bond acceptors (Lipinski definition) is 11. The van der Waals surface area contributed by atoms with E-state index in [0.29, 0.717) is 49.8 Å². The molecule has 13 heteroatoms. The summed E-state index contributed by atoms with van der Waals surface area (Å²) in [5, 5.41) is 27.5. The zero-order valence-electron chi connectivity index (χ0n) is 40.1. The average molecular weight is 918 g/mol. The van der Waals surface area contributed by atoms with Crippen LogP contribution in [0.2, 0.25) is 0 Å². The summed E-state index contributed by atoms with van der Waals surface area (Å²) in [4.78, 5) is 34.7. The molecule has 0 saturated heterocycles. The van der Waals surface area contributed by atoms with Crippen molar-refractivity contribution in [3.8, 4) is 11.5 Å². The number of oxime groups is 1. The van der Waals surface area contributed by atoms with Crippen molar-refractivity contribution in [3.63, 3.8) is 0 Å². The number of aliphatic hydroxyl groups is 2. The number of likely N-dealkylation sites (N-methyl/N-ethyl adjacent to an activating group) is 1. The summed E-state index contributed by atoms with van der Waals surface area (Å²) in [6, 6.07) is 14.6. The van der Waals surface area contributed by atoms with Gasteiger partial charge in [-0.15, -0.1) is 6.58 Å². The summed E-state index contributed by atoms with van der Waals surface area (Å²) < 4.78 is 31.8. The number of nitrogens with zero attached hydrogens (tertiary/aromatic N) is 2. The fraction of sp³-hybridized carbons (Fsp3) is 0.642. The van der Waals surface area contributed by atoms with E-state index in [9.17, 15) is 19.8 Å². The fourth-order valence-corrected chi connectivity index (χ4v) is 10.1. The second kappa shape index (κ2) is 28.7. The van der Waals surface area contributed by atoms with Gasteiger partial charge in [0, 0.05) is 44.7 Å². The van der Waals surface area contributed by atoms with Gasteiger partial charge in [-0.05, 0) is 80.2 Å². The topological polar surface area (TPSA) is 158 Å². The van der Waals surface area contributed by atoms with Crippen LogP contribution in [0.4, 0.5) is 9.59 Å². The number of allylic oxidation sites excluding steroid dienone is 1. The summed E-state index contributed by atoms with van der Waals surface area (Å²) >= 11 is 0. The van der Waals surface area contributed by atoms with Crippen molar-refractivity contribution in [3.05, 3.63) is 84.0 Å². The Morgan fingerprint density at radius 1 is 0.909 bits per heavy atom. The van der Waals surface area contributed by atoms with Crippen molar-refractivity contribution in [2.75, 3.05) is 53.2 Å². The Hall–Kier alpha value is -4.43. The standard InChI is InChI=1S/C53H79N3O10/c1-5-8-9-10-11-12-13-14-15-21-30-54-51(59)65-42-28-29-47-45(37-42)49-43(27-20-23-32-58)41(26-19-22-31-57)36-44-46(55-64-7-3)38-48(53(66-47,50(44)49)63-33-6-2)56(4)52(60)62-35-34-61-39-40-24-17-16-18-25-40/h6,16-18,24-25,28-29,36-37,41,43,48-50,57-58H,2,5,7-15,19-23,26-27,30-35,38-39H2,1,3-4H3,(H,54,59)/t41-,43+,48-,49+,50+,53+/m0/s1. The van der Waals surface area contributed by atoms with Crippen molar-refractivity contribution in [1.82, 2.24) is 10.2 Å². The quantitative estimate of drug-likeness (QED) is 0.0378. The number of unbranched alkanes of at least 4 members (excludes halogenated alkanes) is 11. The van der Waals surface area contributed by atoms with Crippen LogP contribution in [-0.2, 0) is 25.7 Å². The van der Waals surface area contributed by atoms with E-state index < -0.39 is 29.9 Å². The molecule has 66 heavy (non-hydrogen) atoms. The molecule has 0 spiro atoms. The van der Waals surface area contributed by atoms with Crippen LogP contribution in [0, 0.1) is 17.8 Å². The van der Waals surface area contributed by atoms with E-state index in [2.05, 4.69) is 24.9 Å². The molecule has 0 radical (unpaired) electrons. The molecule has 3 N–H and O–H groups in total. The smallest absolute Gasteiger partial charge is 0.412 e.